The molecule has 0 aliphatic heterocycles. The molecule has 0 saturated carbocycles. The summed E-state index contributed by atoms with van der Waals surface area (Å²) in [7, 11) is 0. The van der Waals surface area contributed by atoms with E-state index in [-0.39, 0.29) is 12.4 Å². The first-order valence-electron chi connectivity index (χ1n) is 7.83. The van der Waals surface area contributed by atoms with E-state index in [0.29, 0.717) is 11.4 Å². The lowest BCUT2D eigenvalue weighted by Crippen LogP contribution is -2.32. The number of aliphatic hydroxyl groups excluding tert-OH is 1. The zero-order chi connectivity index (χ0) is 15.9. The summed E-state index contributed by atoms with van der Waals surface area (Å²) in [6, 6.07) is 6.41. The van der Waals surface area contributed by atoms with Crippen molar-refractivity contribution in [3.8, 4) is 0 Å². The fraction of sp³-hybridized carbons (Fsp3) is 0.471. The number of anilines is 1. The minimum Gasteiger partial charge on any atom is -0.396 e. The van der Waals surface area contributed by atoms with Gasteiger partial charge in [-0.05, 0) is 43.4 Å². The highest BCUT2D eigenvalue weighted by Crippen LogP contribution is 2.25. The number of nitrogens with zero attached hydrogens (tertiary/aromatic N) is 2. The van der Waals surface area contributed by atoms with E-state index in [1.165, 1.54) is 12.1 Å². The normalized spacial score (nSPS) is 12.5. The van der Waals surface area contributed by atoms with Crippen LogP contribution in [-0.4, -0.2) is 23.2 Å². The molecule has 1 aromatic carbocycles. The molecule has 0 aliphatic rings. The highest BCUT2D eigenvalue weighted by Gasteiger charge is 2.10. The Kier molecular flexibility index (Phi) is 6.10. The smallest absolute Gasteiger partial charge is 0.125 e. The Morgan fingerprint density at radius 3 is 2.86 bits per heavy atom. The van der Waals surface area contributed by atoms with Crippen LogP contribution in [0.4, 0.5) is 10.1 Å². The van der Waals surface area contributed by atoms with Crippen LogP contribution in [0.1, 0.15) is 32.6 Å². The number of aliphatic hydroxyl groups is 1. The Balaban J connectivity index is 2.02. The van der Waals surface area contributed by atoms with Gasteiger partial charge in [0.05, 0.1) is 11.2 Å². The maximum absolute atomic E-state index is 13.3. The van der Waals surface area contributed by atoms with E-state index in [4.69, 9.17) is 10.9 Å². The van der Waals surface area contributed by atoms with Gasteiger partial charge in [0.25, 0.3) is 0 Å². The van der Waals surface area contributed by atoms with Gasteiger partial charge in [-0.2, -0.15) is 0 Å². The zero-order valence-corrected chi connectivity index (χ0v) is 13.0. The molecule has 3 N–H and O–H groups in total. The summed E-state index contributed by atoms with van der Waals surface area (Å²) in [6.07, 6.45) is 5.57. The molecule has 0 amide bonds. The Bertz CT molecular complexity index is 605. The Morgan fingerprint density at radius 1 is 1.32 bits per heavy atom. The molecule has 22 heavy (non-hydrogen) atoms. The number of fused-ring (bicyclic) bond motifs is 1. The van der Waals surface area contributed by atoms with Crippen LogP contribution >= 0.6 is 0 Å². The van der Waals surface area contributed by atoms with Gasteiger partial charge in [-0.1, -0.05) is 13.3 Å². The first-order valence-corrected chi connectivity index (χ1v) is 7.83. The lowest BCUT2D eigenvalue weighted by Gasteiger charge is -2.21. The van der Waals surface area contributed by atoms with Crippen LogP contribution in [0.15, 0.2) is 30.5 Å². The maximum Gasteiger partial charge on any atom is 0.125 e. The monoisotopic (exact) mass is 305 g/mol. The minimum absolute atomic E-state index is 0.241. The van der Waals surface area contributed by atoms with Crippen molar-refractivity contribution < 1.29 is 9.50 Å². The van der Waals surface area contributed by atoms with E-state index in [2.05, 4.69) is 11.9 Å². The lowest BCUT2D eigenvalue weighted by molar-refractivity contribution is 0.248. The van der Waals surface area contributed by atoms with Crippen LogP contribution in [0.3, 0.4) is 0 Å². The van der Waals surface area contributed by atoms with Gasteiger partial charge in [0.15, 0.2) is 0 Å². The van der Waals surface area contributed by atoms with Crippen LogP contribution in [0, 0.1) is 11.7 Å². The molecular formula is C17H24FN3O. The molecule has 0 radical (unpaired) electrons. The molecule has 0 aliphatic carbocycles. The molecule has 1 aromatic heterocycles. The summed E-state index contributed by atoms with van der Waals surface area (Å²) in [5.41, 5.74) is 1.47. The summed E-state index contributed by atoms with van der Waals surface area (Å²) < 4.78 is 13.3. The van der Waals surface area contributed by atoms with Crippen molar-refractivity contribution in [3.05, 3.63) is 36.3 Å². The van der Waals surface area contributed by atoms with E-state index in [0.717, 1.165) is 43.3 Å². The summed E-state index contributed by atoms with van der Waals surface area (Å²) in [6.45, 7) is 3.11. The third-order valence-corrected chi connectivity index (χ3v) is 4.12. The number of hydrogen-bond donors (Lipinski definition) is 2. The molecule has 1 atom stereocenters. The number of rotatable bonds is 8. The zero-order valence-electron chi connectivity index (χ0n) is 13.0. The summed E-state index contributed by atoms with van der Waals surface area (Å²) in [5.74, 6) is 6.41. The standard InChI is InChI=1S/C17H24FN3O/c1-2-13(8-11-22)4-3-10-21(19)17-7-9-20-16-12-14(18)5-6-15(16)17/h5-7,9,12-13,22H,2-4,8,10-11,19H2,1H3. The number of pyridine rings is 1. The van der Waals surface area contributed by atoms with Gasteiger partial charge in [0.2, 0.25) is 0 Å². The molecule has 5 heteroatoms. The molecule has 0 bridgehead atoms. The molecule has 1 unspecified atom stereocenters. The Morgan fingerprint density at radius 2 is 2.14 bits per heavy atom. The fourth-order valence-electron chi connectivity index (χ4n) is 2.76. The molecule has 0 fully saturated rings. The summed E-state index contributed by atoms with van der Waals surface area (Å²) in [5, 5.41) is 11.6. The maximum atomic E-state index is 13.3. The highest BCUT2D eigenvalue weighted by atomic mass is 19.1. The van der Waals surface area contributed by atoms with E-state index < -0.39 is 0 Å². The second-order valence-electron chi connectivity index (χ2n) is 5.61. The third kappa shape index (κ3) is 4.15. The van der Waals surface area contributed by atoms with E-state index >= 15 is 0 Å². The molecule has 4 nitrogen and oxygen atoms in total. The fourth-order valence-corrected chi connectivity index (χ4v) is 2.76. The largest absolute Gasteiger partial charge is 0.396 e. The van der Waals surface area contributed by atoms with Gasteiger partial charge in [0, 0.05) is 30.8 Å². The van der Waals surface area contributed by atoms with Crippen molar-refractivity contribution in [2.45, 2.75) is 32.6 Å². The molecule has 1 heterocycles. The van der Waals surface area contributed by atoms with Gasteiger partial charge in [-0.3, -0.25) is 4.98 Å². The van der Waals surface area contributed by atoms with E-state index in [9.17, 15) is 4.39 Å². The van der Waals surface area contributed by atoms with Crippen molar-refractivity contribution >= 4 is 16.6 Å². The molecule has 2 rings (SSSR count). The lowest BCUT2D eigenvalue weighted by atomic mass is 9.97. The SMILES string of the molecule is CCC(CCO)CCCN(N)c1ccnc2cc(F)ccc12. The predicted molar refractivity (Wildman–Crippen MR) is 88.0 cm³/mol. The number of hydrazine groups is 1. The van der Waals surface area contributed by atoms with Gasteiger partial charge in [-0.25, -0.2) is 10.2 Å². The quantitative estimate of drug-likeness (QED) is 0.580. The molecule has 0 saturated heterocycles. The first-order chi connectivity index (χ1) is 10.7. The number of nitrogens with two attached hydrogens (primary N) is 1. The van der Waals surface area contributed by atoms with Crippen LogP contribution in [-0.2, 0) is 0 Å². The average molecular weight is 305 g/mol. The molecule has 2 aromatic rings. The second kappa shape index (κ2) is 8.06. The van der Waals surface area contributed by atoms with Gasteiger partial charge >= 0.3 is 0 Å². The van der Waals surface area contributed by atoms with Crippen molar-refractivity contribution in [2.24, 2.45) is 11.8 Å². The Labute approximate surface area is 130 Å². The summed E-state index contributed by atoms with van der Waals surface area (Å²) >= 11 is 0. The van der Waals surface area contributed by atoms with Gasteiger partial charge in [-0.15, -0.1) is 0 Å². The topological polar surface area (TPSA) is 62.4 Å². The number of hydrogen-bond acceptors (Lipinski definition) is 4. The van der Waals surface area contributed by atoms with Gasteiger partial charge in [0.1, 0.15) is 5.82 Å². The van der Waals surface area contributed by atoms with Crippen molar-refractivity contribution in [3.63, 3.8) is 0 Å². The highest BCUT2D eigenvalue weighted by molar-refractivity contribution is 5.91. The average Bonchev–Trinajstić information content (AvgIpc) is 2.53. The summed E-state index contributed by atoms with van der Waals surface area (Å²) in [4.78, 5) is 4.18. The van der Waals surface area contributed by atoms with E-state index in [1.807, 2.05) is 6.07 Å². The molecular weight excluding hydrogens is 281 g/mol. The Hall–Kier alpha value is -1.72. The number of benzene rings is 1. The molecule has 0 spiro atoms. The van der Waals surface area contributed by atoms with E-state index in [1.54, 1.807) is 17.3 Å². The predicted octanol–water partition coefficient (Wildman–Crippen LogP) is 3.24. The van der Waals surface area contributed by atoms with Gasteiger partial charge < -0.3 is 10.1 Å². The molecule has 120 valence electrons. The number of halogens is 1. The van der Waals surface area contributed by atoms with Crippen molar-refractivity contribution in [1.29, 1.82) is 0 Å². The van der Waals surface area contributed by atoms with Crippen LogP contribution in [0.25, 0.3) is 10.9 Å². The van der Waals surface area contributed by atoms with Crippen LogP contribution in [0.2, 0.25) is 0 Å². The van der Waals surface area contributed by atoms with Crippen LogP contribution < -0.4 is 10.9 Å². The van der Waals surface area contributed by atoms with Crippen molar-refractivity contribution in [2.75, 3.05) is 18.2 Å². The first kappa shape index (κ1) is 16.6. The third-order valence-electron chi connectivity index (χ3n) is 4.12. The minimum atomic E-state index is -0.296. The second-order valence-corrected chi connectivity index (χ2v) is 5.61. The number of aromatic nitrogens is 1. The van der Waals surface area contributed by atoms with Crippen molar-refractivity contribution in [1.82, 2.24) is 4.98 Å². The van der Waals surface area contributed by atoms with Crippen LogP contribution in [0.5, 0.6) is 0 Å².